The van der Waals surface area contributed by atoms with Crippen LogP contribution in [0.25, 0.3) is 0 Å². The highest BCUT2D eigenvalue weighted by atomic mass is 19.1. The lowest BCUT2D eigenvalue weighted by Gasteiger charge is -2.27. The lowest BCUT2D eigenvalue weighted by atomic mass is 9.83. The van der Waals surface area contributed by atoms with Gasteiger partial charge in [0.25, 0.3) is 0 Å². The largest absolute Gasteiger partial charge is 0.489 e. The fraction of sp³-hybridized carbons (Fsp3) is 0.125. The number of esters is 1. The highest BCUT2D eigenvalue weighted by Gasteiger charge is 2.31. The van der Waals surface area contributed by atoms with Gasteiger partial charge in [0.05, 0.1) is 5.92 Å². The summed E-state index contributed by atoms with van der Waals surface area (Å²) in [6.45, 7) is 1.93. The van der Waals surface area contributed by atoms with Crippen LogP contribution in [0.3, 0.4) is 0 Å². The number of carbonyl (C=O) groups is 1. The van der Waals surface area contributed by atoms with E-state index in [0.29, 0.717) is 29.4 Å². The van der Waals surface area contributed by atoms with E-state index in [9.17, 15) is 14.4 Å². The SMILES string of the molecule is CC(Oc1ccc(F)cc1)C(=O)Oc1ccc2c(c1)OC(N)=C(C#N)C2c1cccc(OCc2ccccc2)c1. The van der Waals surface area contributed by atoms with E-state index in [1.165, 1.54) is 31.2 Å². The number of fused-ring (bicyclic) bond motifs is 1. The molecular formula is C32H25FN2O5. The first-order valence-corrected chi connectivity index (χ1v) is 12.5. The molecule has 8 heteroatoms. The number of nitrogens with two attached hydrogens (primary N) is 1. The highest BCUT2D eigenvalue weighted by molar-refractivity contribution is 5.77. The molecule has 0 saturated heterocycles. The molecule has 2 unspecified atom stereocenters. The zero-order valence-electron chi connectivity index (χ0n) is 21.5. The Labute approximate surface area is 230 Å². The number of hydrogen-bond donors (Lipinski definition) is 1. The van der Waals surface area contributed by atoms with Crippen LogP contribution in [0.4, 0.5) is 4.39 Å². The normalized spacial score (nSPS) is 14.8. The van der Waals surface area contributed by atoms with Crippen LogP contribution in [0.5, 0.6) is 23.0 Å². The van der Waals surface area contributed by atoms with Crippen molar-refractivity contribution in [1.29, 1.82) is 5.26 Å². The van der Waals surface area contributed by atoms with Gasteiger partial charge in [0, 0.05) is 11.6 Å². The summed E-state index contributed by atoms with van der Waals surface area (Å²) in [5.41, 5.74) is 8.92. The van der Waals surface area contributed by atoms with E-state index >= 15 is 0 Å². The molecule has 1 aliphatic rings. The first-order chi connectivity index (χ1) is 19.4. The van der Waals surface area contributed by atoms with Gasteiger partial charge in [-0.15, -0.1) is 0 Å². The Morgan fingerprint density at radius 1 is 0.975 bits per heavy atom. The summed E-state index contributed by atoms with van der Waals surface area (Å²) < 4.78 is 35.9. The number of ether oxygens (including phenoxy) is 4. The summed E-state index contributed by atoms with van der Waals surface area (Å²) in [7, 11) is 0. The number of nitriles is 1. The van der Waals surface area contributed by atoms with Crippen molar-refractivity contribution in [2.45, 2.75) is 25.6 Å². The van der Waals surface area contributed by atoms with Gasteiger partial charge in [-0.1, -0.05) is 48.5 Å². The van der Waals surface area contributed by atoms with Gasteiger partial charge in [0.2, 0.25) is 5.88 Å². The number of hydrogen-bond acceptors (Lipinski definition) is 7. The predicted molar refractivity (Wildman–Crippen MR) is 145 cm³/mol. The summed E-state index contributed by atoms with van der Waals surface area (Å²) >= 11 is 0. The summed E-state index contributed by atoms with van der Waals surface area (Å²) in [6.07, 6.45) is -0.955. The number of carbonyl (C=O) groups excluding carboxylic acids is 1. The third-order valence-electron chi connectivity index (χ3n) is 6.31. The molecule has 0 spiro atoms. The molecular weight excluding hydrogens is 511 g/mol. The standard InChI is InChI=1S/C32H25FN2O5/c1-20(38-24-12-10-23(33)11-13-24)32(36)39-26-14-15-27-29(17-26)40-31(35)28(18-34)30(27)22-8-5-9-25(16-22)37-19-21-6-3-2-4-7-21/h2-17,20,30H,19,35H2,1H3. The monoisotopic (exact) mass is 536 g/mol. The first kappa shape index (κ1) is 26.3. The highest BCUT2D eigenvalue weighted by Crippen LogP contribution is 2.44. The summed E-state index contributed by atoms with van der Waals surface area (Å²) in [4.78, 5) is 12.6. The summed E-state index contributed by atoms with van der Waals surface area (Å²) in [5.74, 6) is -0.0629. The Morgan fingerprint density at radius 3 is 2.48 bits per heavy atom. The van der Waals surface area contributed by atoms with Crippen molar-refractivity contribution in [2.75, 3.05) is 0 Å². The van der Waals surface area contributed by atoms with Gasteiger partial charge in [-0.3, -0.25) is 0 Å². The van der Waals surface area contributed by atoms with E-state index in [-0.39, 0.29) is 17.2 Å². The molecule has 2 N–H and O–H groups in total. The van der Waals surface area contributed by atoms with E-state index in [4.69, 9.17) is 24.7 Å². The van der Waals surface area contributed by atoms with Crippen LogP contribution in [0.15, 0.2) is 109 Å². The van der Waals surface area contributed by atoms with Crippen LogP contribution < -0.4 is 24.7 Å². The fourth-order valence-corrected chi connectivity index (χ4v) is 4.33. The Balaban J connectivity index is 1.35. The van der Waals surface area contributed by atoms with Gasteiger partial charge in [-0.25, -0.2) is 9.18 Å². The van der Waals surface area contributed by atoms with E-state index in [1.807, 2.05) is 54.6 Å². The van der Waals surface area contributed by atoms with Crippen LogP contribution in [0.2, 0.25) is 0 Å². The minimum Gasteiger partial charge on any atom is -0.489 e. The van der Waals surface area contributed by atoms with Crippen LogP contribution in [0.1, 0.15) is 29.5 Å². The van der Waals surface area contributed by atoms with Crippen molar-refractivity contribution in [3.8, 4) is 29.1 Å². The molecule has 4 aromatic rings. The van der Waals surface area contributed by atoms with E-state index in [0.717, 1.165) is 11.1 Å². The zero-order chi connectivity index (χ0) is 28.1. The molecule has 2 atom stereocenters. The molecule has 40 heavy (non-hydrogen) atoms. The second kappa shape index (κ2) is 11.6. The van der Waals surface area contributed by atoms with E-state index in [2.05, 4.69) is 6.07 Å². The van der Waals surface area contributed by atoms with Crippen LogP contribution in [0, 0.1) is 17.1 Å². The minimum absolute atomic E-state index is 0.0351. The van der Waals surface area contributed by atoms with Crippen molar-refractivity contribution in [1.82, 2.24) is 0 Å². The molecule has 0 bridgehead atoms. The van der Waals surface area contributed by atoms with E-state index < -0.39 is 23.8 Å². The molecule has 0 fully saturated rings. The van der Waals surface area contributed by atoms with Crippen LogP contribution in [-0.4, -0.2) is 12.1 Å². The molecule has 0 radical (unpaired) electrons. The molecule has 0 aliphatic carbocycles. The summed E-state index contributed by atoms with van der Waals surface area (Å²) in [6, 6.07) is 29.7. The molecule has 5 rings (SSSR count). The molecule has 0 aromatic heterocycles. The Kier molecular flexibility index (Phi) is 7.65. The number of benzene rings is 4. The quantitative estimate of drug-likeness (QED) is 0.218. The van der Waals surface area contributed by atoms with Crippen molar-refractivity contribution in [2.24, 2.45) is 5.73 Å². The van der Waals surface area contributed by atoms with Crippen molar-refractivity contribution < 1.29 is 28.1 Å². The van der Waals surface area contributed by atoms with Gasteiger partial charge < -0.3 is 24.7 Å². The maximum atomic E-state index is 13.1. The Hall–Kier alpha value is -5.29. The molecule has 0 saturated carbocycles. The second-order valence-corrected chi connectivity index (χ2v) is 9.11. The predicted octanol–water partition coefficient (Wildman–Crippen LogP) is 6.00. The van der Waals surface area contributed by atoms with Gasteiger partial charge in [0.15, 0.2) is 6.10 Å². The molecule has 1 heterocycles. The van der Waals surface area contributed by atoms with Crippen LogP contribution in [-0.2, 0) is 11.4 Å². The number of halogens is 1. The Morgan fingerprint density at radius 2 is 1.73 bits per heavy atom. The van der Waals surface area contributed by atoms with E-state index in [1.54, 1.807) is 18.2 Å². The zero-order valence-corrected chi connectivity index (χ0v) is 21.5. The van der Waals surface area contributed by atoms with Gasteiger partial charge >= 0.3 is 5.97 Å². The van der Waals surface area contributed by atoms with Gasteiger partial charge in [-0.05, 0) is 60.5 Å². The minimum atomic E-state index is -0.955. The van der Waals surface area contributed by atoms with Gasteiger partial charge in [-0.2, -0.15) is 5.26 Å². The molecule has 200 valence electrons. The molecule has 4 aromatic carbocycles. The average molecular weight is 537 g/mol. The smallest absolute Gasteiger partial charge is 0.352 e. The van der Waals surface area contributed by atoms with Crippen LogP contribution >= 0.6 is 0 Å². The topological polar surface area (TPSA) is 104 Å². The Bertz CT molecular complexity index is 1600. The number of nitrogens with zero attached hydrogens (tertiary/aromatic N) is 1. The molecule has 7 nitrogen and oxygen atoms in total. The second-order valence-electron chi connectivity index (χ2n) is 9.11. The third-order valence-corrected chi connectivity index (χ3v) is 6.31. The molecule has 0 amide bonds. The lowest BCUT2D eigenvalue weighted by molar-refractivity contribution is -0.141. The fourth-order valence-electron chi connectivity index (χ4n) is 4.33. The average Bonchev–Trinajstić information content (AvgIpc) is 2.97. The maximum absolute atomic E-state index is 13.1. The number of rotatable bonds is 8. The first-order valence-electron chi connectivity index (χ1n) is 12.5. The molecule has 1 aliphatic heterocycles. The maximum Gasteiger partial charge on any atom is 0.352 e. The summed E-state index contributed by atoms with van der Waals surface area (Å²) in [5, 5.41) is 9.91. The number of allylic oxidation sites excluding steroid dienone is 1. The van der Waals surface area contributed by atoms with Crippen molar-refractivity contribution in [3.05, 3.63) is 131 Å². The lowest BCUT2D eigenvalue weighted by Crippen LogP contribution is -2.28. The van der Waals surface area contributed by atoms with Crippen molar-refractivity contribution >= 4 is 5.97 Å². The van der Waals surface area contributed by atoms with Gasteiger partial charge in [0.1, 0.15) is 47.1 Å². The third kappa shape index (κ3) is 5.89. The van der Waals surface area contributed by atoms with Crippen molar-refractivity contribution in [3.63, 3.8) is 0 Å².